The Balaban J connectivity index is 1.73. The molecule has 3 rings (SSSR count). The first-order chi connectivity index (χ1) is 12.2. The van der Waals surface area contributed by atoms with Gasteiger partial charge in [0.1, 0.15) is 11.8 Å². The van der Waals surface area contributed by atoms with Crippen molar-refractivity contribution in [3.05, 3.63) is 83.7 Å². The monoisotopic (exact) mass is 328 g/mol. The quantitative estimate of drug-likeness (QED) is 0.750. The summed E-state index contributed by atoms with van der Waals surface area (Å²) in [6.45, 7) is 2.02. The minimum atomic E-state index is -0.356. The van der Waals surface area contributed by atoms with E-state index in [1.807, 2.05) is 37.3 Å². The molecule has 1 amide bonds. The van der Waals surface area contributed by atoms with Gasteiger partial charge in [-0.2, -0.15) is 5.26 Å². The molecule has 0 saturated carbocycles. The van der Waals surface area contributed by atoms with Crippen molar-refractivity contribution >= 4 is 23.0 Å². The van der Waals surface area contributed by atoms with Crippen molar-refractivity contribution in [1.82, 2.24) is 4.98 Å². The highest BCUT2D eigenvalue weighted by Gasteiger charge is 2.10. The van der Waals surface area contributed by atoms with Crippen LogP contribution in [0, 0.1) is 18.3 Å². The van der Waals surface area contributed by atoms with E-state index in [9.17, 15) is 4.79 Å². The second-order valence-corrected chi connectivity index (χ2v) is 5.48. The number of pyridine rings is 1. The van der Waals surface area contributed by atoms with Crippen molar-refractivity contribution in [3.63, 3.8) is 0 Å². The number of carbonyl (C=O) groups is 1. The summed E-state index contributed by atoms with van der Waals surface area (Å²) in [5.74, 6) is -0.356. The van der Waals surface area contributed by atoms with Crippen LogP contribution in [0.5, 0.6) is 0 Å². The summed E-state index contributed by atoms with van der Waals surface area (Å²) in [6, 6.07) is 20.3. The van der Waals surface area contributed by atoms with E-state index in [2.05, 4.69) is 15.6 Å². The van der Waals surface area contributed by atoms with Gasteiger partial charge in [0.15, 0.2) is 0 Å². The van der Waals surface area contributed by atoms with Gasteiger partial charge in [0.25, 0.3) is 5.91 Å². The Bertz CT molecular complexity index is 942. The topological polar surface area (TPSA) is 77.8 Å². The third-order valence-corrected chi connectivity index (χ3v) is 3.72. The van der Waals surface area contributed by atoms with Gasteiger partial charge in [0.2, 0.25) is 0 Å². The van der Waals surface area contributed by atoms with E-state index in [1.165, 1.54) is 0 Å². The molecule has 1 aromatic heterocycles. The first-order valence-electron chi connectivity index (χ1n) is 7.76. The number of para-hydroxylation sites is 2. The number of nitrogens with zero attached hydrogens (tertiary/aromatic N) is 2. The molecule has 25 heavy (non-hydrogen) atoms. The maximum Gasteiger partial charge on any atom is 0.274 e. The number of rotatable bonds is 4. The van der Waals surface area contributed by atoms with Gasteiger partial charge in [-0.1, -0.05) is 30.3 Å². The molecule has 3 aromatic rings. The van der Waals surface area contributed by atoms with Gasteiger partial charge in [-0.25, -0.2) is 4.98 Å². The first-order valence-corrected chi connectivity index (χ1v) is 7.76. The lowest BCUT2D eigenvalue weighted by atomic mass is 10.2. The number of anilines is 3. The highest BCUT2D eigenvalue weighted by atomic mass is 16.1. The van der Waals surface area contributed by atoms with Gasteiger partial charge < -0.3 is 10.6 Å². The number of hydrogen-bond acceptors (Lipinski definition) is 4. The fraction of sp³-hybridized carbons (Fsp3) is 0.0500. The lowest BCUT2D eigenvalue weighted by Gasteiger charge is -2.10. The number of carbonyl (C=O) groups excluding carboxylic acids is 1. The number of benzene rings is 2. The molecule has 2 N–H and O–H groups in total. The van der Waals surface area contributed by atoms with Crippen LogP contribution < -0.4 is 10.6 Å². The van der Waals surface area contributed by atoms with E-state index in [-0.39, 0.29) is 11.6 Å². The smallest absolute Gasteiger partial charge is 0.274 e. The molecule has 5 heteroatoms. The molecule has 0 spiro atoms. The van der Waals surface area contributed by atoms with Crippen molar-refractivity contribution in [2.24, 2.45) is 0 Å². The van der Waals surface area contributed by atoms with Gasteiger partial charge in [0.05, 0.1) is 23.1 Å². The molecule has 0 aliphatic carbocycles. The summed E-state index contributed by atoms with van der Waals surface area (Å²) in [4.78, 5) is 16.5. The van der Waals surface area contributed by atoms with Crippen LogP contribution in [0.3, 0.4) is 0 Å². The van der Waals surface area contributed by atoms with Gasteiger partial charge >= 0.3 is 0 Å². The Kier molecular flexibility index (Phi) is 4.72. The number of amides is 1. The van der Waals surface area contributed by atoms with Crippen LogP contribution >= 0.6 is 0 Å². The van der Waals surface area contributed by atoms with Crippen LogP contribution in [0.2, 0.25) is 0 Å². The van der Waals surface area contributed by atoms with Gasteiger partial charge in [-0.05, 0) is 42.8 Å². The molecule has 0 aliphatic rings. The molecular formula is C20H16N4O. The van der Waals surface area contributed by atoms with Crippen LogP contribution in [-0.2, 0) is 0 Å². The van der Waals surface area contributed by atoms with Crippen LogP contribution in [0.15, 0.2) is 66.9 Å². The number of aryl methyl sites for hydroxylation is 1. The zero-order valence-corrected chi connectivity index (χ0v) is 13.7. The van der Waals surface area contributed by atoms with Crippen molar-refractivity contribution in [2.45, 2.75) is 6.92 Å². The summed E-state index contributed by atoms with van der Waals surface area (Å²) in [6.07, 6.45) is 1.61. The lowest BCUT2D eigenvalue weighted by Crippen LogP contribution is -2.14. The van der Waals surface area contributed by atoms with Crippen molar-refractivity contribution in [3.8, 4) is 6.07 Å². The predicted octanol–water partition coefficient (Wildman–Crippen LogP) is 4.26. The van der Waals surface area contributed by atoms with Crippen LogP contribution in [-0.4, -0.2) is 10.9 Å². The lowest BCUT2D eigenvalue weighted by molar-refractivity contribution is 0.102. The zero-order chi connectivity index (χ0) is 17.6. The van der Waals surface area contributed by atoms with Gasteiger partial charge in [-0.15, -0.1) is 0 Å². The van der Waals surface area contributed by atoms with Crippen molar-refractivity contribution < 1.29 is 4.79 Å². The summed E-state index contributed by atoms with van der Waals surface area (Å²) in [7, 11) is 0. The standard InChI is InChI=1S/C20H16N4O/c1-14-6-2-4-8-17(14)23-16-10-11-19(22-13-16)20(25)24-18-9-5-3-7-15(18)12-21/h2-11,13,23H,1H3,(H,24,25). The molecule has 0 aliphatic heterocycles. The fourth-order valence-electron chi connectivity index (χ4n) is 2.35. The molecule has 0 saturated heterocycles. The Morgan fingerprint density at radius 3 is 2.40 bits per heavy atom. The largest absolute Gasteiger partial charge is 0.354 e. The zero-order valence-electron chi connectivity index (χ0n) is 13.7. The Labute approximate surface area is 146 Å². The van der Waals surface area contributed by atoms with E-state index in [0.717, 1.165) is 16.9 Å². The van der Waals surface area contributed by atoms with E-state index in [4.69, 9.17) is 5.26 Å². The first kappa shape index (κ1) is 16.2. The van der Waals surface area contributed by atoms with E-state index in [0.29, 0.717) is 11.3 Å². The van der Waals surface area contributed by atoms with Gasteiger partial charge in [-0.3, -0.25) is 4.79 Å². The highest BCUT2D eigenvalue weighted by Crippen LogP contribution is 2.20. The Morgan fingerprint density at radius 2 is 1.72 bits per heavy atom. The summed E-state index contributed by atoms with van der Waals surface area (Å²) in [5, 5.41) is 15.1. The summed E-state index contributed by atoms with van der Waals surface area (Å²) < 4.78 is 0. The number of hydrogen-bond donors (Lipinski definition) is 2. The molecule has 2 aromatic carbocycles. The maximum absolute atomic E-state index is 12.3. The minimum absolute atomic E-state index is 0.281. The molecule has 0 radical (unpaired) electrons. The average molecular weight is 328 g/mol. The summed E-state index contributed by atoms with van der Waals surface area (Å²) >= 11 is 0. The van der Waals surface area contributed by atoms with Crippen LogP contribution in [0.4, 0.5) is 17.1 Å². The van der Waals surface area contributed by atoms with Crippen molar-refractivity contribution in [2.75, 3.05) is 10.6 Å². The highest BCUT2D eigenvalue weighted by molar-refractivity contribution is 6.03. The summed E-state index contributed by atoms with van der Waals surface area (Å²) in [5.41, 5.74) is 4.07. The third-order valence-electron chi connectivity index (χ3n) is 3.72. The molecule has 122 valence electrons. The SMILES string of the molecule is Cc1ccccc1Nc1ccc(C(=O)Nc2ccccc2C#N)nc1. The Hall–Kier alpha value is -3.65. The minimum Gasteiger partial charge on any atom is -0.354 e. The third kappa shape index (κ3) is 3.82. The molecule has 0 unspecified atom stereocenters. The Morgan fingerprint density at radius 1 is 1.00 bits per heavy atom. The van der Waals surface area contributed by atoms with Crippen LogP contribution in [0.25, 0.3) is 0 Å². The van der Waals surface area contributed by atoms with Crippen molar-refractivity contribution in [1.29, 1.82) is 5.26 Å². The fourth-order valence-corrected chi connectivity index (χ4v) is 2.35. The molecule has 0 fully saturated rings. The van der Waals surface area contributed by atoms with E-state index >= 15 is 0 Å². The molecule has 5 nitrogen and oxygen atoms in total. The number of aromatic nitrogens is 1. The maximum atomic E-state index is 12.3. The molecule has 0 atom stereocenters. The van der Waals surface area contributed by atoms with Crippen LogP contribution in [0.1, 0.15) is 21.6 Å². The van der Waals surface area contributed by atoms with E-state index < -0.39 is 0 Å². The van der Waals surface area contributed by atoms with E-state index in [1.54, 1.807) is 42.6 Å². The molecular weight excluding hydrogens is 312 g/mol. The molecule has 1 heterocycles. The second-order valence-electron chi connectivity index (χ2n) is 5.48. The number of nitriles is 1. The predicted molar refractivity (Wildman–Crippen MR) is 97.8 cm³/mol. The number of nitrogens with one attached hydrogen (secondary N) is 2. The average Bonchev–Trinajstić information content (AvgIpc) is 2.64. The molecule has 0 bridgehead atoms. The van der Waals surface area contributed by atoms with Gasteiger partial charge in [0, 0.05) is 5.69 Å². The normalized spacial score (nSPS) is 9.92. The second kappa shape index (κ2) is 7.28.